The maximum Gasteiger partial charge on any atom is 0.358 e. The third kappa shape index (κ3) is 3.96. The topological polar surface area (TPSA) is 81.5 Å². The van der Waals surface area contributed by atoms with Crippen LogP contribution in [0.25, 0.3) is 0 Å². The second-order valence-electron chi connectivity index (χ2n) is 7.79. The van der Waals surface area contributed by atoms with Crippen LogP contribution >= 0.6 is 0 Å². The zero-order chi connectivity index (χ0) is 20.6. The van der Waals surface area contributed by atoms with E-state index in [-0.39, 0.29) is 6.04 Å². The maximum absolute atomic E-state index is 13.0. The van der Waals surface area contributed by atoms with Crippen LogP contribution in [0.15, 0.2) is 35.2 Å². The van der Waals surface area contributed by atoms with Gasteiger partial charge in [0.2, 0.25) is 10.0 Å². The summed E-state index contributed by atoms with van der Waals surface area (Å²) in [4.78, 5) is 12.5. The van der Waals surface area contributed by atoms with Gasteiger partial charge in [-0.25, -0.2) is 13.2 Å². The molecule has 2 fully saturated rings. The number of ether oxygens (including phenoxy) is 1. The monoisotopic (exact) mass is 417 g/mol. The SMILES string of the molecule is CCOC(=O)c1cc(C2CC2)n(C2CCN(S(=O)(=O)c3ccccc3C)CC2)n1. The predicted octanol–water partition coefficient (Wildman–Crippen LogP) is 3.27. The molecule has 0 unspecified atom stereocenters. The molecule has 29 heavy (non-hydrogen) atoms. The molecule has 2 heterocycles. The first-order chi connectivity index (χ1) is 13.9. The van der Waals surface area contributed by atoms with E-state index in [2.05, 4.69) is 5.10 Å². The Balaban J connectivity index is 1.51. The lowest BCUT2D eigenvalue weighted by molar-refractivity contribution is 0.0517. The first-order valence-corrected chi connectivity index (χ1v) is 11.7. The van der Waals surface area contributed by atoms with Crippen molar-refractivity contribution in [3.05, 3.63) is 47.3 Å². The minimum absolute atomic E-state index is 0.0945. The number of rotatable bonds is 6. The van der Waals surface area contributed by atoms with E-state index < -0.39 is 16.0 Å². The van der Waals surface area contributed by atoms with Gasteiger partial charge in [0, 0.05) is 24.7 Å². The van der Waals surface area contributed by atoms with Crippen molar-refractivity contribution in [1.82, 2.24) is 14.1 Å². The van der Waals surface area contributed by atoms with E-state index >= 15 is 0 Å². The number of hydrogen-bond donors (Lipinski definition) is 0. The molecule has 7 nitrogen and oxygen atoms in total. The quantitative estimate of drug-likeness (QED) is 0.674. The smallest absolute Gasteiger partial charge is 0.358 e. The summed E-state index contributed by atoms with van der Waals surface area (Å²) in [5.41, 5.74) is 2.19. The van der Waals surface area contributed by atoms with Crippen LogP contribution in [0, 0.1) is 6.92 Å². The average Bonchev–Trinajstić information content (AvgIpc) is 3.46. The van der Waals surface area contributed by atoms with Crippen LogP contribution in [0.5, 0.6) is 0 Å². The van der Waals surface area contributed by atoms with Crippen LogP contribution < -0.4 is 0 Å². The standard InChI is InChI=1S/C21H27N3O4S/c1-3-28-21(25)18-14-19(16-8-9-16)24(22-18)17-10-12-23(13-11-17)29(26,27)20-7-5-4-6-15(20)2/h4-7,14,16-17H,3,8-13H2,1-2H3. The van der Waals surface area contributed by atoms with Crippen LogP contribution in [0.2, 0.25) is 0 Å². The van der Waals surface area contributed by atoms with Crippen molar-refractivity contribution in [1.29, 1.82) is 0 Å². The van der Waals surface area contributed by atoms with Crippen molar-refractivity contribution in [2.24, 2.45) is 0 Å². The molecule has 0 radical (unpaired) electrons. The molecule has 0 spiro atoms. The largest absolute Gasteiger partial charge is 0.461 e. The Kier molecular flexibility index (Phi) is 5.48. The Morgan fingerprint density at radius 1 is 1.17 bits per heavy atom. The van der Waals surface area contributed by atoms with E-state index in [0.29, 0.717) is 49.0 Å². The highest BCUT2D eigenvalue weighted by molar-refractivity contribution is 7.89. The minimum Gasteiger partial charge on any atom is -0.461 e. The van der Waals surface area contributed by atoms with Crippen molar-refractivity contribution in [2.45, 2.75) is 56.4 Å². The number of carbonyl (C=O) groups excluding carboxylic acids is 1. The Hall–Kier alpha value is -2.19. The summed E-state index contributed by atoms with van der Waals surface area (Å²) < 4.78 is 34.7. The van der Waals surface area contributed by atoms with Gasteiger partial charge in [0.1, 0.15) is 0 Å². The second kappa shape index (κ2) is 7.91. The third-order valence-electron chi connectivity index (χ3n) is 5.73. The first-order valence-electron chi connectivity index (χ1n) is 10.2. The van der Waals surface area contributed by atoms with Crippen LogP contribution in [0.1, 0.15) is 66.3 Å². The fourth-order valence-corrected chi connectivity index (χ4v) is 5.70. The van der Waals surface area contributed by atoms with Gasteiger partial charge in [-0.1, -0.05) is 18.2 Å². The molecule has 1 aliphatic carbocycles. The minimum atomic E-state index is -3.50. The predicted molar refractivity (Wildman–Crippen MR) is 108 cm³/mol. The molecule has 1 saturated carbocycles. The maximum atomic E-state index is 13.0. The molecule has 1 aromatic carbocycles. The van der Waals surface area contributed by atoms with Gasteiger partial charge in [0.25, 0.3) is 0 Å². The number of hydrogen-bond acceptors (Lipinski definition) is 5. The number of benzene rings is 1. The van der Waals surface area contributed by atoms with Gasteiger partial charge in [0.05, 0.1) is 17.5 Å². The zero-order valence-electron chi connectivity index (χ0n) is 16.9. The number of sulfonamides is 1. The summed E-state index contributed by atoms with van der Waals surface area (Å²) in [5.74, 6) is 0.0483. The van der Waals surface area contributed by atoms with E-state index in [1.54, 1.807) is 23.4 Å². The molecule has 0 N–H and O–H groups in total. The van der Waals surface area contributed by atoms with E-state index in [4.69, 9.17) is 4.74 Å². The van der Waals surface area contributed by atoms with Crippen molar-refractivity contribution >= 4 is 16.0 Å². The highest BCUT2D eigenvalue weighted by Crippen LogP contribution is 2.42. The van der Waals surface area contributed by atoms with Gasteiger partial charge in [-0.2, -0.15) is 9.40 Å². The molecule has 1 saturated heterocycles. The van der Waals surface area contributed by atoms with Crippen LogP contribution in [-0.4, -0.2) is 48.2 Å². The zero-order valence-corrected chi connectivity index (χ0v) is 17.7. The summed E-state index contributed by atoms with van der Waals surface area (Å²) in [6, 6.07) is 9.04. The molecule has 2 aliphatic rings. The molecule has 4 rings (SSSR count). The van der Waals surface area contributed by atoms with Crippen molar-refractivity contribution < 1.29 is 17.9 Å². The molecule has 1 aliphatic heterocycles. The van der Waals surface area contributed by atoms with Gasteiger partial charge >= 0.3 is 5.97 Å². The Morgan fingerprint density at radius 2 is 1.86 bits per heavy atom. The number of piperidine rings is 1. The number of carbonyl (C=O) groups is 1. The van der Waals surface area contributed by atoms with Gasteiger partial charge in [-0.05, 0) is 57.2 Å². The van der Waals surface area contributed by atoms with E-state index in [0.717, 1.165) is 24.1 Å². The van der Waals surface area contributed by atoms with E-state index in [9.17, 15) is 13.2 Å². The molecule has 0 bridgehead atoms. The molecule has 156 valence electrons. The summed E-state index contributed by atoms with van der Waals surface area (Å²) in [6.07, 6.45) is 3.56. The number of nitrogens with zero attached hydrogens (tertiary/aromatic N) is 3. The third-order valence-corrected chi connectivity index (χ3v) is 7.78. The fourth-order valence-electron chi connectivity index (χ4n) is 4.00. The van der Waals surface area contributed by atoms with Gasteiger partial charge in [0.15, 0.2) is 5.69 Å². The van der Waals surface area contributed by atoms with Crippen LogP contribution in [0.4, 0.5) is 0 Å². The number of aryl methyl sites for hydroxylation is 1. The molecular formula is C21H27N3O4S. The summed E-state index contributed by atoms with van der Waals surface area (Å²) in [7, 11) is -3.50. The van der Waals surface area contributed by atoms with Crippen molar-refractivity contribution in [3.8, 4) is 0 Å². The molecule has 8 heteroatoms. The lowest BCUT2D eigenvalue weighted by Gasteiger charge is -2.32. The number of aromatic nitrogens is 2. The Morgan fingerprint density at radius 3 is 2.48 bits per heavy atom. The average molecular weight is 418 g/mol. The molecular weight excluding hydrogens is 390 g/mol. The lowest BCUT2D eigenvalue weighted by Crippen LogP contribution is -2.39. The summed E-state index contributed by atoms with van der Waals surface area (Å²) >= 11 is 0. The lowest BCUT2D eigenvalue weighted by atomic mass is 10.1. The highest BCUT2D eigenvalue weighted by atomic mass is 32.2. The Bertz CT molecular complexity index is 1000. The number of esters is 1. The van der Waals surface area contributed by atoms with Gasteiger partial charge < -0.3 is 4.74 Å². The summed E-state index contributed by atoms with van der Waals surface area (Å²) in [6.45, 7) is 4.81. The van der Waals surface area contributed by atoms with Gasteiger partial charge in [-0.15, -0.1) is 0 Å². The summed E-state index contributed by atoms with van der Waals surface area (Å²) in [5, 5.41) is 4.55. The fraction of sp³-hybridized carbons (Fsp3) is 0.524. The van der Waals surface area contributed by atoms with E-state index in [1.807, 2.05) is 29.8 Å². The Labute approximate surface area is 171 Å². The van der Waals surface area contributed by atoms with Gasteiger partial charge in [-0.3, -0.25) is 4.68 Å². The molecule has 0 amide bonds. The van der Waals surface area contributed by atoms with E-state index in [1.165, 1.54) is 0 Å². The second-order valence-corrected chi connectivity index (χ2v) is 9.70. The van der Waals surface area contributed by atoms with Crippen molar-refractivity contribution in [2.75, 3.05) is 19.7 Å². The normalized spacial score (nSPS) is 18.7. The van der Waals surface area contributed by atoms with Crippen LogP contribution in [0.3, 0.4) is 0 Å². The first kappa shape index (κ1) is 20.1. The van der Waals surface area contributed by atoms with Crippen molar-refractivity contribution in [3.63, 3.8) is 0 Å². The van der Waals surface area contributed by atoms with Crippen LogP contribution in [-0.2, 0) is 14.8 Å². The highest BCUT2D eigenvalue weighted by Gasteiger charge is 2.35. The molecule has 1 aromatic heterocycles. The molecule has 2 aromatic rings. The molecule has 0 atom stereocenters.